The highest BCUT2D eigenvalue weighted by atomic mass is 32.1. The van der Waals surface area contributed by atoms with Gasteiger partial charge in [0, 0.05) is 29.3 Å². The van der Waals surface area contributed by atoms with Gasteiger partial charge >= 0.3 is 11.9 Å². The molecule has 0 bridgehead atoms. The van der Waals surface area contributed by atoms with Gasteiger partial charge in [-0.15, -0.1) is 11.3 Å². The fraction of sp³-hybridized carbons (Fsp3) is 0.538. The van der Waals surface area contributed by atoms with Crippen LogP contribution in [0.4, 0.5) is 0 Å². The molecule has 1 amide bonds. The Morgan fingerprint density at radius 3 is 2.18 bits per heavy atom. The third-order valence-corrected chi connectivity index (χ3v) is 6.21. The first kappa shape index (κ1) is 25.9. The maximum absolute atomic E-state index is 13.6. The number of thiazole rings is 1. The highest BCUT2D eigenvalue weighted by Gasteiger charge is 2.51. The van der Waals surface area contributed by atoms with E-state index in [-0.39, 0.29) is 24.8 Å². The maximum atomic E-state index is 13.6. The molecule has 1 aromatic heterocycles. The van der Waals surface area contributed by atoms with Gasteiger partial charge in [0.1, 0.15) is 17.2 Å². The van der Waals surface area contributed by atoms with E-state index in [1.54, 1.807) is 65.8 Å². The Kier molecular flexibility index (Phi) is 7.50. The largest absolute Gasteiger partial charge is 0.460 e. The van der Waals surface area contributed by atoms with Crippen molar-refractivity contribution < 1.29 is 23.9 Å². The van der Waals surface area contributed by atoms with Crippen LogP contribution in [0.15, 0.2) is 35.7 Å². The molecule has 184 valence electrons. The predicted molar refractivity (Wildman–Crippen MR) is 131 cm³/mol. The molecular formula is C26H34N2O5S. The number of likely N-dealkylation sites (tertiary alicyclic amines) is 1. The minimum absolute atomic E-state index is 0.0268. The lowest BCUT2D eigenvalue weighted by Gasteiger charge is -2.30. The molecule has 1 aromatic carbocycles. The zero-order chi connectivity index (χ0) is 25.3. The van der Waals surface area contributed by atoms with E-state index in [2.05, 4.69) is 4.98 Å². The molecule has 0 saturated carbocycles. The van der Waals surface area contributed by atoms with Crippen LogP contribution < -0.4 is 0 Å². The van der Waals surface area contributed by atoms with Crippen molar-refractivity contribution in [3.8, 4) is 0 Å². The average Bonchev–Trinajstić information content (AvgIpc) is 3.29. The quantitative estimate of drug-likeness (QED) is 0.567. The fourth-order valence-electron chi connectivity index (χ4n) is 4.22. The lowest BCUT2D eigenvalue weighted by molar-refractivity contribution is -0.162. The van der Waals surface area contributed by atoms with Crippen LogP contribution in [0, 0.1) is 12.8 Å². The number of carbonyl (C=O) groups excluding carboxylic acids is 3. The Morgan fingerprint density at radius 2 is 1.65 bits per heavy atom. The Bertz CT molecular complexity index is 1040. The number of nitrogens with zero attached hydrogens (tertiary/aromatic N) is 2. The van der Waals surface area contributed by atoms with Crippen molar-refractivity contribution in [2.24, 2.45) is 5.92 Å². The average molecular weight is 487 g/mol. The number of carbonyl (C=O) groups is 3. The van der Waals surface area contributed by atoms with Crippen LogP contribution in [-0.4, -0.2) is 51.5 Å². The Hall–Kier alpha value is -2.74. The number of ether oxygens (including phenoxy) is 2. The highest BCUT2D eigenvalue weighted by molar-refractivity contribution is 7.09. The lowest BCUT2D eigenvalue weighted by Crippen LogP contribution is -2.46. The van der Waals surface area contributed by atoms with Gasteiger partial charge in [0.25, 0.3) is 5.91 Å². The maximum Gasteiger partial charge on any atom is 0.329 e. The number of hydrogen-bond donors (Lipinski definition) is 0. The van der Waals surface area contributed by atoms with Crippen molar-refractivity contribution in [2.75, 3.05) is 6.54 Å². The van der Waals surface area contributed by atoms with Crippen molar-refractivity contribution in [2.45, 2.75) is 78.0 Å². The molecule has 8 heteroatoms. The topological polar surface area (TPSA) is 85.8 Å². The molecule has 1 fully saturated rings. The third-order valence-electron chi connectivity index (χ3n) is 5.42. The fourth-order valence-corrected chi connectivity index (χ4v) is 4.90. The van der Waals surface area contributed by atoms with Gasteiger partial charge in [-0.2, -0.15) is 0 Å². The van der Waals surface area contributed by atoms with Gasteiger partial charge in [-0.25, -0.2) is 9.78 Å². The summed E-state index contributed by atoms with van der Waals surface area (Å²) in [5, 5.41) is 2.82. The highest BCUT2D eigenvalue weighted by Crippen LogP contribution is 2.42. The first-order valence-electron chi connectivity index (χ1n) is 11.5. The van der Waals surface area contributed by atoms with Crippen molar-refractivity contribution in [3.63, 3.8) is 0 Å². The van der Waals surface area contributed by atoms with Crippen molar-refractivity contribution in [1.82, 2.24) is 9.88 Å². The van der Waals surface area contributed by atoms with Crippen LogP contribution in [0.2, 0.25) is 0 Å². The summed E-state index contributed by atoms with van der Waals surface area (Å²) < 4.78 is 11.3. The van der Waals surface area contributed by atoms with Gasteiger partial charge in [-0.1, -0.05) is 18.2 Å². The summed E-state index contributed by atoms with van der Waals surface area (Å²) in [7, 11) is 0. The number of aryl methyl sites for hydroxylation is 1. The molecule has 0 N–H and O–H groups in total. The molecule has 3 rings (SSSR count). The minimum Gasteiger partial charge on any atom is -0.460 e. The van der Waals surface area contributed by atoms with E-state index in [1.807, 2.05) is 18.4 Å². The summed E-state index contributed by atoms with van der Waals surface area (Å²) in [4.78, 5) is 46.1. The minimum atomic E-state index is -0.938. The number of rotatable bonds is 5. The van der Waals surface area contributed by atoms with Gasteiger partial charge in [0.05, 0.1) is 17.1 Å². The van der Waals surface area contributed by atoms with E-state index in [0.717, 1.165) is 10.7 Å². The summed E-state index contributed by atoms with van der Waals surface area (Å²) in [5.41, 5.74) is -0.164. The predicted octanol–water partition coefficient (Wildman–Crippen LogP) is 4.75. The standard InChI is InChI=1S/C26H34N2O5S/c1-16-27-20(15-34-16)19-14-28(23(30)17-11-9-8-10-12-17)22(24(31)33-26(5,6)7)18(19)13-21(29)32-25(2,3)4/h8-12,15,18-19,22H,13-14H2,1-7H3/t18-,19-,22-/m0/s1. The molecular weight excluding hydrogens is 452 g/mol. The normalized spacial score (nSPS) is 20.8. The van der Waals surface area contributed by atoms with Gasteiger partial charge in [0.2, 0.25) is 0 Å². The lowest BCUT2D eigenvalue weighted by atomic mass is 9.85. The molecule has 1 aliphatic rings. The zero-order valence-corrected chi connectivity index (χ0v) is 21.8. The summed E-state index contributed by atoms with van der Waals surface area (Å²) in [6.07, 6.45) is -0.0268. The molecule has 0 radical (unpaired) electrons. The van der Waals surface area contributed by atoms with E-state index < -0.39 is 35.1 Å². The molecule has 7 nitrogen and oxygen atoms in total. The van der Waals surface area contributed by atoms with Crippen molar-refractivity contribution in [3.05, 3.63) is 52.0 Å². The molecule has 2 heterocycles. The third kappa shape index (κ3) is 6.44. The molecule has 2 aromatic rings. The van der Waals surface area contributed by atoms with Crippen molar-refractivity contribution in [1.29, 1.82) is 0 Å². The molecule has 34 heavy (non-hydrogen) atoms. The number of esters is 2. The van der Waals surface area contributed by atoms with Gasteiger partial charge in [-0.3, -0.25) is 9.59 Å². The second-order valence-electron chi connectivity index (χ2n) is 10.7. The smallest absolute Gasteiger partial charge is 0.329 e. The van der Waals surface area contributed by atoms with E-state index in [1.165, 1.54) is 16.2 Å². The Balaban J connectivity index is 2.04. The van der Waals surface area contributed by atoms with Crippen LogP contribution >= 0.6 is 11.3 Å². The second-order valence-corrected chi connectivity index (χ2v) is 11.7. The van der Waals surface area contributed by atoms with Crippen LogP contribution in [0.5, 0.6) is 0 Å². The second kappa shape index (κ2) is 9.86. The molecule has 3 atom stereocenters. The molecule has 1 saturated heterocycles. The first-order chi connectivity index (χ1) is 15.7. The van der Waals surface area contributed by atoms with Gasteiger partial charge in [0.15, 0.2) is 0 Å². The van der Waals surface area contributed by atoms with Crippen LogP contribution in [0.25, 0.3) is 0 Å². The van der Waals surface area contributed by atoms with E-state index in [4.69, 9.17) is 9.47 Å². The Labute approximate surface area is 205 Å². The van der Waals surface area contributed by atoms with E-state index in [0.29, 0.717) is 5.56 Å². The molecule has 0 unspecified atom stereocenters. The number of amides is 1. The Morgan fingerprint density at radius 1 is 1.03 bits per heavy atom. The van der Waals surface area contributed by atoms with Crippen LogP contribution in [-0.2, 0) is 19.1 Å². The first-order valence-corrected chi connectivity index (χ1v) is 12.4. The van der Waals surface area contributed by atoms with Crippen LogP contribution in [0.1, 0.15) is 74.9 Å². The summed E-state index contributed by atoms with van der Waals surface area (Å²) in [6.45, 7) is 12.9. The number of aromatic nitrogens is 1. The summed E-state index contributed by atoms with van der Waals surface area (Å²) in [6, 6.07) is 7.90. The molecule has 0 aliphatic carbocycles. The van der Waals surface area contributed by atoms with Crippen LogP contribution in [0.3, 0.4) is 0 Å². The zero-order valence-electron chi connectivity index (χ0n) is 21.0. The van der Waals surface area contributed by atoms with Crippen molar-refractivity contribution >= 4 is 29.2 Å². The van der Waals surface area contributed by atoms with Gasteiger partial charge in [-0.05, 0) is 60.6 Å². The SMILES string of the molecule is Cc1nc([C@H]2CN(C(=O)c3ccccc3)[C@H](C(=O)OC(C)(C)C)[C@H]2CC(=O)OC(C)(C)C)cs1. The summed E-state index contributed by atoms with van der Waals surface area (Å²) >= 11 is 1.50. The van der Waals surface area contributed by atoms with E-state index >= 15 is 0 Å². The van der Waals surface area contributed by atoms with Gasteiger partial charge < -0.3 is 14.4 Å². The molecule has 0 spiro atoms. The number of benzene rings is 1. The number of hydrogen-bond acceptors (Lipinski definition) is 7. The van der Waals surface area contributed by atoms with E-state index in [9.17, 15) is 14.4 Å². The monoisotopic (exact) mass is 486 g/mol. The molecule has 1 aliphatic heterocycles. The summed E-state index contributed by atoms with van der Waals surface area (Å²) in [5.74, 6) is -2.06.